The molecule has 0 aromatic heterocycles. The molecule has 0 aliphatic heterocycles. The molecule has 1 aromatic rings. The number of rotatable bonds is 8. The van der Waals surface area contributed by atoms with Gasteiger partial charge in [0, 0.05) is 13.0 Å². The predicted octanol–water partition coefficient (Wildman–Crippen LogP) is 2.40. The third-order valence-electron chi connectivity index (χ3n) is 2.56. The van der Waals surface area contributed by atoms with Gasteiger partial charge in [-0.15, -0.1) is 0 Å². The first-order valence-corrected chi connectivity index (χ1v) is 6.05. The average Bonchev–Trinajstić information content (AvgIpc) is 2.38. The molecular weight excluding hydrogens is 251 g/mol. The molecule has 0 atom stereocenters. The number of hydrogen-bond acceptors (Lipinski definition) is 4. The highest BCUT2D eigenvalue weighted by Crippen LogP contribution is 2.22. The minimum atomic E-state index is -0.679. The van der Waals surface area contributed by atoms with Gasteiger partial charge in [-0.1, -0.05) is 6.07 Å². The van der Waals surface area contributed by atoms with Gasteiger partial charge in [-0.2, -0.15) is 0 Å². The molecule has 5 heteroatoms. The Morgan fingerprint density at radius 3 is 2.68 bits per heavy atom. The van der Waals surface area contributed by atoms with E-state index in [1.807, 2.05) is 6.92 Å². The van der Waals surface area contributed by atoms with Gasteiger partial charge in [-0.3, -0.25) is 9.59 Å². The van der Waals surface area contributed by atoms with Gasteiger partial charge in [0.05, 0.1) is 25.7 Å². The van der Waals surface area contributed by atoms with Crippen molar-refractivity contribution in [1.29, 1.82) is 0 Å². The van der Waals surface area contributed by atoms with E-state index in [9.17, 15) is 14.0 Å². The van der Waals surface area contributed by atoms with Crippen molar-refractivity contribution in [1.82, 2.24) is 0 Å². The summed E-state index contributed by atoms with van der Waals surface area (Å²) >= 11 is 0. The largest absolute Gasteiger partial charge is 0.496 e. The fraction of sp³-hybridized carbons (Fsp3) is 0.429. The van der Waals surface area contributed by atoms with Crippen LogP contribution in [0.1, 0.15) is 30.1 Å². The minimum Gasteiger partial charge on any atom is -0.496 e. The minimum absolute atomic E-state index is 0.141. The maximum atomic E-state index is 13.6. The Morgan fingerprint density at radius 1 is 1.32 bits per heavy atom. The van der Waals surface area contributed by atoms with Crippen LogP contribution in [0.2, 0.25) is 0 Å². The lowest BCUT2D eigenvalue weighted by molar-refractivity contribution is -0.119. The number of benzene rings is 1. The summed E-state index contributed by atoms with van der Waals surface area (Å²) in [6.07, 6.45) is -0.194. The van der Waals surface area contributed by atoms with Gasteiger partial charge in [0.25, 0.3) is 0 Å². The van der Waals surface area contributed by atoms with Crippen LogP contribution < -0.4 is 4.74 Å². The zero-order valence-electron chi connectivity index (χ0n) is 11.1. The number of methoxy groups -OCH3 is 1. The van der Waals surface area contributed by atoms with Crippen molar-refractivity contribution in [3.8, 4) is 5.75 Å². The maximum absolute atomic E-state index is 13.6. The number of hydrogen-bond donors (Lipinski definition) is 0. The van der Waals surface area contributed by atoms with Crippen LogP contribution in [0.4, 0.5) is 4.39 Å². The predicted molar refractivity (Wildman–Crippen MR) is 68.0 cm³/mol. The first-order chi connectivity index (χ1) is 9.10. The van der Waals surface area contributed by atoms with E-state index >= 15 is 0 Å². The molecule has 0 fully saturated rings. The van der Waals surface area contributed by atoms with Crippen LogP contribution in [0.5, 0.6) is 5.75 Å². The molecule has 0 spiro atoms. The van der Waals surface area contributed by atoms with Crippen LogP contribution in [-0.4, -0.2) is 31.9 Å². The molecule has 0 heterocycles. The molecule has 0 N–H and O–H groups in total. The van der Waals surface area contributed by atoms with Crippen LogP contribution >= 0.6 is 0 Å². The zero-order valence-corrected chi connectivity index (χ0v) is 11.1. The molecule has 19 heavy (non-hydrogen) atoms. The lowest BCUT2D eigenvalue weighted by Gasteiger charge is -2.08. The molecular formula is C14H17FO4. The quantitative estimate of drug-likeness (QED) is 0.413. The standard InChI is InChI=1S/C14H17FO4/c1-3-19-8-7-10(16)9-12(17)14-11(15)5-4-6-13(14)18-2/h4-6H,3,7-9H2,1-2H3. The number of carbonyl (C=O) groups is 2. The molecule has 0 bridgehead atoms. The SMILES string of the molecule is CCOCCC(=O)CC(=O)c1c(F)cccc1OC. The highest BCUT2D eigenvalue weighted by atomic mass is 19.1. The fourth-order valence-corrected chi connectivity index (χ4v) is 1.63. The Bertz CT molecular complexity index is 457. The second-order valence-electron chi connectivity index (χ2n) is 3.90. The fourth-order valence-electron chi connectivity index (χ4n) is 1.63. The van der Waals surface area contributed by atoms with Gasteiger partial charge in [-0.25, -0.2) is 4.39 Å². The zero-order chi connectivity index (χ0) is 14.3. The highest BCUT2D eigenvalue weighted by Gasteiger charge is 2.19. The normalized spacial score (nSPS) is 10.3. The van der Waals surface area contributed by atoms with E-state index in [4.69, 9.17) is 9.47 Å². The molecule has 104 valence electrons. The van der Waals surface area contributed by atoms with Crippen LogP contribution in [0.25, 0.3) is 0 Å². The van der Waals surface area contributed by atoms with Crippen molar-refractivity contribution >= 4 is 11.6 Å². The molecule has 1 rings (SSSR count). The van der Waals surface area contributed by atoms with Crippen LogP contribution in [-0.2, 0) is 9.53 Å². The Morgan fingerprint density at radius 2 is 2.05 bits per heavy atom. The Labute approximate surface area is 111 Å². The number of ether oxygens (including phenoxy) is 2. The molecule has 0 unspecified atom stereocenters. The van der Waals surface area contributed by atoms with Gasteiger partial charge in [0.1, 0.15) is 17.3 Å². The molecule has 0 saturated heterocycles. The summed E-state index contributed by atoms with van der Waals surface area (Å²) in [6, 6.07) is 4.10. The Kier molecular flexibility index (Phi) is 6.15. The van der Waals surface area contributed by atoms with Gasteiger partial charge in [0.15, 0.2) is 5.78 Å². The molecule has 0 amide bonds. The van der Waals surface area contributed by atoms with Gasteiger partial charge >= 0.3 is 0 Å². The monoisotopic (exact) mass is 268 g/mol. The first-order valence-electron chi connectivity index (χ1n) is 6.05. The lowest BCUT2D eigenvalue weighted by Crippen LogP contribution is -2.13. The lowest BCUT2D eigenvalue weighted by atomic mass is 10.0. The van der Waals surface area contributed by atoms with E-state index in [2.05, 4.69) is 0 Å². The molecule has 0 aliphatic rings. The van der Waals surface area contributed by atoms with Crippen LogP contribution in [0, 0.1) is 5.82 Å². The summed E-state index contributed by atoms with van der Waals surface area (Å²) in [5.41, 5.74) is -0.172. The van der Waals surface area contributed by atoms with Crippen molar-refractivity contribution in [2.24, 2.45) is 0 Å². The third-order valence-corrected chi connectivity index (χ3v) is 2.56. The molecule has 0 radical (unpaired) electrons. The number of carbonyl (C=O) groups excluding carboxylic acids is 2. The first kappa shape index (κ1) is 15.3. The van der Waals surface area contributed by atoms with E-state index < -0.39 is 11.6 Å². The summed E-state index contributed by atoms with van der Waals surface area (Å²) in [4.78, 5) is 23.5. The number of halogens is 1. The van der Waals surface area contributed by atoms with E-state index in [1.165, 1.54) is 25.3 Å². The van der Waals surface area contributed by atoms with Crippen molar-refractivity contribution < 1.29 is 23.5 Å². The number of Topliss-reactive ketones (excluding diaryl/α,β-unsaturated/α-hetero) is 2. The topological polar surface area (TPSA) is 52.6 Å². The second-order valence-corrected chi connectivity index (χ2v) is 3.90. The van der Waals surface area contributed by atoms with Crippen molar-refractivity contribution in [3.05, 3.63) is 29.6 Å². The molecule has 0 aliphatic carbocycles. The van der Waals surface area contributed by atoms with Crippen LogP contribution in [0.3, 0.4) is 0 Å². The van der Waals surface area contributed by atoms with E-state index in [0.717, 1.165) is 0 Å². The molecule has 1 aromatic carbocycles. The van der Waals surface area contributed by atoms with Crippen LogP contribution in [0.15, 0.2) is 18.2 Å². The third kappa shape index (κ3) is 4.44. The maximum Gasteiger partial charge on any atom is 0.176 e. The van der Waals surface area contributed by atoms with Gasteiger partial charge in [0.2, 0.25) is 0 Å². The van der Waals surface area contributed by atoms with E-state index in [0.29, 0.717) is 6.61 Å². The summed E-state index contributed by atoms with van der Waals surface area (Å²) in [5, 5.41) is 0. The molecule has 4 nitrogen and oxygen atoms in total. The summed E-state index contributed by atoms with van der Waals surface area (Å²) in [7, 11) is 1.35. The summed E-state index contributed by atoms with van der Waals surface area (Å²) in [6.45, 7) is 2.61. The summed E-state index contributed by atoms with van der Waals surface area (Å²) in [5.74, 6) is -1.38. The average molecular weight is 268 g/mol. The van der Waals surface area contributed by atoms with Crippen molar-refractivity contribution in [2.75, 3.05) is 20.3 Å². The highest BCUT2D eigenvalue weighted by molar-refractivity contribution is 6.09. The van der Waals surface area contributed by atoms with Crippen molar-refractivity contribution in [2.45, 2.75) is 19.8 Å². The van der Waals surface area contributed by atoms with E-state index in [1.54, 1.807) is 0 Å². The van der Waals surface area contributed by atoms with Crippen molar-refractivity contribution in [3.63, 3.8) is 0 Å². The van der Waals surface area contributed by atoms with Gasteiger partial charge < -0.3 is 9.47 Å². The Balaban J connectivity index is 2.70. The summed E-state index contributed by atoms with van der Waals surface area (Å²) < 4.78 is 23.6. The van der Waals surface area contributed by atoms with Gasteiger partial charge in [-0.05, 0) is 19.1 Å². The second kappa shape index (κ2) is 7.63. The smallest absolute Gasteiger partial charge is 0.176 e. The Hall–Kier alpha value is -1.75. The molecule has 0 saturated carbocycles. The van der Waals surface area contributed by atoms with E-state index in [-0.39, 0.29) is 36.5 Å². The number of ketones is 2.